The van der Waals surface area contributed by atoms with Crippen molar-refractivity contribution in [2.45, 2.75) is 38.8 Å². The fraction of sp³-hybridized carbons (Fsp3) is 0.417. The molecule has 1 amide bonds. The first-order valence-corrected chi connectivity index (χ1v) is 11.9. The molecule has 0 bridgehead atoms. The molecule has 1 saturated heterocycles. The summed E-state index contributed by atoms with van der Waals surface area (Å²) in [6.07, 6.45) is 3.55. The molecule has 1 aliphatic carbocycles. The lowest BCUT2D eigenvalue weighted by Crippen LogP contribution is -3.29. The zero-order valence-corrected chi connectivity index (χ0v) is 18.4. The number of hydrogen-bond donors (Lipinski definition) is 3. The van der Waals surface area contributed by atoms with E-state index in [1.54, 1.807) is 4.90 Å². The summed E-state index contributed by atoms with van der Waals surface area (Å²) >= 11 is 1.81. The summed E-state index contributed by atoms with van der Waals surface area (Å²) in [5.74, 6) is 0.137. The number of aromatic nitrogens is 1. The molecule has 3 N–H and O–H groups in total. The van der Waals surface area contributed by atoms with Gasteiger partial charge in [0.1, 0.15) is 37.7 Å². The molecular formula is C24H30N4OS+2. The molecule has 2 heterocycles. The fourth-order valence-electron chi connectivity index (χ4n) is 4.83. The van der Waals surface area contributed by atoms with Crippen LogP contribution in [0.15, 0.2) is 42.5 Å². The lowest BCUT2D eigenvalue weighted by molar-refractivity contribution is -1.02. The van der Waals surface area contributed by atoms with Crippen LogP contribution in [0.25, 0.3) is 10.2 Å². The predicted octanol–water partition coefficient (Wildman–Crippen LogP) is 1.10. The minimum Gasteiger partial charge on any atom is -0.321 e. The first kappa shape index (κ1) is 19.7. The van der Waals surface area contributed by atoms with Gasteiger partial charge < -0.3 is 15.1 Å². The summed E-state index contributed by atoms with van der Waals surface area (Å²) in [5, 5.41) is 4.38. The molecule has 1 atom stereocenters. The smallest absolute Gasteiger partial charge is 0.282 e. The van der Waals surface area contributed by atoms with Crippen LogP contribution in [-0.2, 0) is 24.2 Å². The molecule has 156 valence electrons. The van der Waals surface area contributed by atoms with E-state index in [1.807, 2.05) is 11.3 Å². The van der Waals surface area contributed by atoms with E-state index in [4.69, 9.17) is 4.98 Å². The lowest BCUT2D eigenvalue weighted by atomic mass is 10.1. The molecule has 0 radical (unpaired) electrons. The van der Waals surface area contributed by atoms with Gasteiger partial charge in [-0.2, -0.15) is 0 Å². The highest BCUT2D eigenvalue weighted by Crippen LogP contribution is 2.25. The Balaban J connectivity index is 1.14. The van der Waals surface area contributed by atoms with E-state index in [1.165, 1.54) is 38.6 Å². The van der Waals surface area contributed by atoms with E-state index in [2.05, 4.69) is 54.7 Å². The highest BCUT2D eigenvalue weighted by atomic mass is 32.1. The van der Waals surface area contributed by atoms with Crippen LogP contribution < -0.4 is 15.1 Å². The second-order valence-corrected chi connectivity index (χ2v) is 9.82. The molecule has 6 heteroatoms. The van der Waals surface area contributed by atoms with Gasteiger partial charge in [0.05, 0.1) is 10.2 Å². The highest BCUT2D eigenvalue weighted by molar-refractivity contribution is 7.18. The summed E-state index contributed by atoms with van der Waals surface area (Å²) in [7, 11) is 0. The van der Waals surface area contributed by atoms with Crippen LogP contribution in [0, 0.1) is 0 Å². The molecule has 0 unspecified atom stereocenters. The standard InChI is InChI=1S/C24H28N4OS/c1-17(24(29)25-20-10-9-18-5-4-6-19(18)15-20)28-13-11-27(12-14-28)16-23-26-21-7-2-3-8-22(21)30-23/h2-3,7-10,15,17H,4-6,11-14,16H2,1H3,(H,25,29)/p+2/t17-/m0/s1. The molecule has 3 aromatic rings. The Kier molecular flexibility index (Phi) is 5.54. The Hall–Kier alpha value is -2.28. The van der Waals surface area contributed by atoms with Crippen LogP contribution >= 0.6 is 11.3 Å². The number of hydrogen-bond acceptors (Lipinski definition) is 3. The summed E-state index contributed by atoms with van der Waals surface area (Å²) in [5.41, 5.74) is 4.91. The Bertz CT molecular complexity index is 1020. The average molecular weight is 423 g/mol. The first-order valence-electron chi connectivity index (χ1n) is 11.1. The largest absolute Gasteiger partial charge is 0.321 e. The number of carbonyl (C=O) groups is 1. The highest BCUT2D eigenvalue weighted by Gasteiger charge is 2.31. The van der Waals surface area contributed by atoms with E-state index in [-0.39, 0.29) is 11.9 Å². The quantitative estimate of drug-likeness (QED) is 0.577. The van der Waals surface area contributed by atoms with Crippen LogP contribution in [0.1, 0.15) is 29.5 Å². The maximum absolute atomic E-state index is 12.8. The van der Waals surface area contributed by atoms with Crippen LogP contribution in [0.4, 0.5) is 5.69 Å². The van der Waals surface area contributed by atoms with E-state index >= 15 is 0 Å². The molecule has 2 aliphatic rings. The molecular weight excluding hydrogens is 392 g/mol. The van der Waals surface area contributed by atoms with Gasteiger partial charge in [0.25, 0.3) is 5.91 Å². The molecule has 5 nitrogen and oxygen atoms in total. The van der Waals surface area contributed by atoms with Gasteiger partial charge in [-0.05, 0) is 61.6 Å². The second kappa shape index (κ2) is 8.46. The van der Waals surface area contributed by atoms with E-state index in [0.29, 0.717) is 0 Å². The number of carbonyl (C=O) groups excluding carboxylic acids is 1. The first-order chi connectivity index (χ1) is 14.7. The minimum atomic E-state index is -0.0257. The van der Waals surface area contributed by atoms with E-state index in [9.17, 15) is 4.79 Å². The van der Waals surface area contributed by atoms with Crippen LogP contribution in [0.5, 0.6) is 0 Å². The number of aryl methyl sites for hydroxylation is 2. The zero-order chi connectivity index (χ0) is 20.5. The van der Waals surface area contributed by atoms with Crippen molar-refractivity contribution >= 4 is 33.1 Å². The monoisotopic (exact) mass is 422 g/mol. The summed E-state index contributed by atoms with van der Waals surface area (Å²) in [6, 6.07) is 14.8. The third-order valence-corrected chi connectivity index (χ3v) is 7.75. The SMILES string of the molecule is C[C@@H](C(=O)Nc1ccc2c(c1)CCC2)[NH+]1CC[NH+](Cc2nc3ccccc3s2)CC1. The number of benzene rings is 2. The number of fused-ring (bicyclic) bond motifs is 2. The van der Waals surface area contributed by atoms with E-state index < -0.39 is 0 Å². The molecule has 1 fully saturated rings. The topological polar surface area (TPSA) is 50.9 Å². The van der Waals surface area contributed by atoms with Gasteiger partial charge in [-0.3, -0.25) is 4.79 Å². The maximum Gasteiger partial charge on any atom is 0.282 e. The minimum absolute atomic E-state index is 0.0257. The van der Waals surface area contributed by atoms with Gasteiger partial charge in [-0.15, -0.1) is 11.3 Å². The van der Waals surface area contributed by atoms with Crippen LogP contribution in [0.2, 0.25) is 0 Å². The molecule has 5 rings (SSSR count). The molecule has 1 aliphatic heterocycles. The van der Waals surface area contributed by atoms with Crippen LogP contribution in [0.3, 0.4) is 0 Å². The van der Waals surface area contributed by atoms with Crippen molar-refractivity contribution in [2.75, 3.05) is 31.5 Å². The Morgan fingerprint density at radius 2 is 1.90 bits per heavy atom. The van der Waals surface area contributed by atoms with Gasteiger partial charge in [0.15, 0.2) is 6.04 Å². The summed E-state index contributed by atoms with van der Waals surface area (Å²) in [6.45, 7) is 7.28. The molecule has 0 spiro atoms. The second-order valence-electron chi connectivity index (χ2n) is 8.71. The Morgan fingerprint density at radius 3 is 2.73 bits per heavy atom. The van der Waals surface area contributed by atoms with Gasteiger partial charge in [-0.25, -0.2) is 4.98 Å². The average Bonchev–Trinajstić information content (AvgIpc) is 3.39. The van der Waals surface area contributed by atoms with Crippen molar-refractivity contribution < 1.29 is 14.6 Å². The van der Waals surface area contributed by atoms with Gasteiger partial charge in [-0.1, -0.05) is 18.2 Å². The third-order valence-electron chi connectivity index (χ3n) is 6.71. The fourth-order valence-corrected chi connectivity index (χ4v) is 5.87. The van der Waals surface area contributed by atoms with Crippen molar-refractivity contribution in [3.63, 3.8) is 0 Å². The number of nitrogens with zero attached hydrogens (tertiary/aromatic N) is 1. The van der Waals surface area contributed by atoms with Crippen molar-refractivity contribution in [1.29, 1.82) is 0 Å². The number of quaternary nitrogens is 2. The van der Waals surface area contributed by atoms with Crippen molar-refractivity contribution in [2.24, 2.45) is 0 Å². The summed E-state index contributed by atoms with van der Waals surface area (Å²) in [4.78, 5) is 20.6. The van der Waals surface area contributed by atoms with Crippen molar-refractivity contribution in [3.8, 4) is 0 Å². The number of amides is 1. The summed E-state index contributed by atoms with van der Waals surface area (Å²) < 4.78 is 1.27. The molecule has 1 aromatic heterocycles. The number of rotatable bonds is 5. The zero-order valence-electron chi connectivity index (χ0n) is 17.5. The van der Waals surface area contributed by atoms with Crippen molar-refractivity contribution in [1.82, 2.24) is 4.98 Å². The van der Waals surface area contributed by atoms with Gasteiger partial charge in [0.2, 0.25) is 0 Å². The number of anilines is 1. The number of nitrogens with one attached hydrogen (secondary N) is 3. The van der Waals surface area contributed by atoms with Crippen molar-refractivity contribution in [3.05, 3.63) is 58.6 Å². The lowest BCUT2D eigenvalue weighted by Gasteiger charge is -2.32. The van der Waals surface area contributed by atoms with Crippen LogP contribution in [-0.4, -0.2) is 43.1 Å². The number of piperazine rings is 1. The molecule has 0 saturated carbocycles. The molecule has 2 aromatic carbocycles. The Morgan fingerprint density at radius 1 is 1.10 bits per heavy atom. The van der Waals surface area contributed by atoms with Gasteiger partial charge >= 0.3 is 0 Å². The third kappa shape index (κ3) is 4.13. The van der Waals surface area contributed by atoms with Gasteiger partial charge in [0, 0.05) is 5.69 Å². The Labute approximate surface area is 181 Å². The number of para-hydroxylation sites is 1. The normalized spacial score (nSPS) is 22.0. The number of thiazole rings is 1. The predicted molar refractivity (Wildman–Crippen MR) is 121 cm³/mol. The molecule has 30 heavy (non-hydrogen) atoms. The van der Waals surface area contributed by atoms with E-state index in [0.717, 1.165) is 50.3 Å². The maximum atomic E-state index is 12.8.